The molecule has 0 aliphatic carbocycles. The Labute approximate surface area is 112 Å². The number of ether oxygens (including phenoxy) is 1. The van der Waals surface area contributed by atoms with Crippen LogP contribution in [0.1, 0.15) is 26.7 Å². The third-order valence-electron chi connectivity index (χ3n) is 1.98. The maximum atomic E-state index is 11.9. The Morgan fingerprint density at radius 1 is 1.61 bits per heavy atom. The van der Waals surface area contributed by atoms with Crippen molar-refractivity contribution >= 4 is 24.4 Å². The third kappa shape index (κ3) is 7.75. The van der Waals surface area contributed by atoms with Gasteiger partial charge in [-0.25, -0.2) is 0 Å². The van der Waals surface area contributed by atoms with Crippen LogP contribution in [0.2, 0.25) is 0 Å². The summed E-state index contributed by atoms with van der Waals surface area (Å²) >= 11 is 4.76. The fraction of sp³-hybridized carbons (Fsp3) is 0.800. The minimum atomic E-state index is -3.52. The van der Waals surface area contributed by atoms with Crippen LogP contribution in [0.4, 0.5) is 0 Å². The molecule has 18 heavy (non-hydrogen) atoms. The summed E-state index contributed by atoms with van der Waals surface area (Å²) < 4.78 is 9.51. The molecule has 0 saturated carbocycles. The van der Waals surface area contributed by atoms with Crippen molar-refractivity contribution in [2.75, 3.05) is 13.7 Å². The summed E-state index contributed by atoms with van der Waals surface area (Å²) in [7, 11) is 1.25. The average molecular weight is 293 g/mol. The van der Waals surface area contributed by atoms with E-state index in [9.17, 15) is 9.69 Å². The number of nitrogens with zero attached hydrogens (tertiary/aromatic N) is 1. The van der Waals surface area contributed by atoms with Gasteiger partial charge in [-0.15, -0.1) is 0 Å². The predicted molar refractivity (Wildman–Crippen MR) is 68.9 cm³/mol. The van der Waals surface area contributed by atoms with Gasteiger partial charge < -0.3 is 14.2 Å². The quantitative estimate of drug-likeness (QED) is 0.399. The largest absolute Gasteiger partial charge is 0.789 e. The number of hydrogen-bond acceptors (Lipinski definition) is 6. The summed E-state index contributed by atoms with van der Waals surface area (Å²) in [5.74, 6) is -0.326. The van der Waals surface area contributed by atoms with Crippen molar-refractivity contribution in [3.8, 4) is 6.07 Å². The van der Waals surface area contributed by atoms with Crippen LogP contribution in [0.15, 0.2) is 0 Å². The van der Waals surface area contributed by atoms with Crippen LogP contribution in [-0.2, 0) is 25.9 Å². The second-order valence-corrected chi connectivity index (χ2v) is 7.03. The molecule has 104 valence electrons. The Morgan fingerprint density at radius 2 is 2.22 bits per heavy atom. The van der Waals surface area contributed by atoms with Gasteiger partial charge in [0.15, 0.2) is 0 Å². The average Bonchev–Trinajstić information content (AvgIpc) is 2.26. The van der Waals surface area contributed by atoms with Gasteiger partial charge in [0, 0.05) is 0 Å². The molecule has 0 aromatic carbocycles. The highest BCUT2D eigenvalue weighted by molar-refractivity contribution is 8.07. The van der Waals surface area contributed by atoms with Crippen molar-refractivity contribution in [3.63, 3.8) is 0 Å². The first-order valence-corrected chi connectivity index (χ1v) is 8.14. The van der Waals surface area contributed by atoms with Gasteiger partial charge in [0.1, 0.15) is 6.04 Å². The highest BCUT2D eigenvalue weighted by atomic mass is 32.5. The molecule has 8 heteroatoms. The first kappa shape index (κ1) is 17.5. The highest BCUT2D eigenvalue weighted by Crippen LogP contribution is 2.33. The van der Waals surface area contributed by atoms with E-state index in [0.29, 0.717) is 6.42 Å². The Hall–Kier alpha value is -0.510. The number of rotatable bonds is 8. The van der Waals surface area contributed by atoms with E-state index in [-0.39, 0.29) is 18.9 Å². The van der Waals surface area contributed by atoms with Gasteiger partial charge in [-0.2, -0.15) is 5.26 Å². The van der Waals surface area contributed by atoms with E-state index in [1.165, 1.54) is 7.11 Å². The summed E-state index contributed by atoms with van der Waals surface area (Å²) in [6.45, 7) is 0.290. The zero-order valence-corrected chi connectivity index (χ0v) is 12.4. The molecule has 0 amide bonds. The topological polar surface area (TPSA) is 94.4 Å². The minimum Gasteiger partial charge on any atom is -0.789 e. The fourth-order valence-electron chi connectivity index (χ4n) is 1.25. The molecule has 0 aliphatic rings. The van der Waals surface area contributed by atoms with Crippen molar-refractivity contribution in [3.05, 3.63) is 0 Å². The Morgan fingerprint density at radius 3 is 2.67 bits per heavy atom. The molecule has 0 heterocycles. The minimum absolute atomic E-state index is 0.0279. The Kier molecular flexibility index (Phi) is 8.32. The predicted octanol–water partition coefficient (Wildman–Crippen LogP) is 0.679. The van der Waals surface area contributed by atoms with E-state index in [4.69, 9.17) is 21.6 Å². The molecule has 0 radical (unpaired) electrons. The van der Waals surface area contributed by atoms with Gasteiger partial charge in [0.05, 0.1) is 32.8 Å². The number of nitriles is 1. The van der Waals surface area contributed by atoms with Crippen molar-refractivity contribution < 1.29 is 18.9 Å². The van der Waals surface area contributed by atoms with Gasteiger partial charge in [0.2, 0.25) is 0 Å². The molecule has 6 nitrogen and oxygen atoms in total. The SMILES string of the molecule is COC(=O)C(CC(C)C)NP([O-])(=S)OCCC#N. The molecule has 1 N–H and O–H groups in total. The lowest BCUT2D eigenvalue weighted by atomic mass is 10.1. The van der Waals surface area contributed by atoms with Gasteiger partial charge in [-0.1, -0.05) is 25.7 Å². The summed E-state index contributed by atoms with van der Waals surface area (Å²) in [5.41, 5.74) is 0. The van der Waals surface area contributed by atoms with Crippen LogP contribution >= 0.6 is 6.64 Å². The normalized spacial score (nSPS) is 15.8. The molecular formula is C10H18N2O4PS-. The number of hydrogen-bond donors (Lipinski definition) is 1. The van der Waals surface area contributed by atoms with E-state index in [1.54, 1.807) is 0 Å². The van der Waals surface area contributed by atoms with Gasteiger partial charge >= 0.3 is 5.97 Å². The number of carbonyl (C=O) groups excluding carboxylic acids is 1. The second kappa shape index (κ2) is 8.57. The van der Waals surface area contributed by atoms with E-state index in [2.05, 4.69) is 9.82 Å². The van der Waals surface area contributed by atoms with Crippen LogP contribution in [0, 0.1) is 17.2 Å². The Bertz CT molecular complexity index is 356. The molecule has 0 bridgehead atoms. The van der Waals surface area contributed by atoms with Crippen LogP contribution in [0.25, 0.3) is 0 Å². The first-order valence-electron chi connectivity index (χ1n) is 5.50. The van der Waals surface area contributed by atoms with Crippen molar-refractivity contribution in [1.82, 2.24) is 5.09 Å². The molecule has 0 aliphatic heterocycles. The lowest BCUT2D eigenvalue weighted by molar-refractivity contribution is -0.187. The zero-order chi connectivity index (χ0) is 14.2. The summed E-state index contributed by atoms with van der Waals surface area (Å²) in [5, 5.41) is 10.8. The molecule has 0 saturated heterocycles. The zero-order valence-electron chi connectivity index (χ0n) is 10.7. The van der Waals surface area contributed by atoms with E-state index in [1.807, 2.05) is 19.9 Å². The van der Waals surface area contributed by atoms with Crippen LogP contribution in [-0.4, -0.2) is 25.7 Å². The van der Waals surface area contributed by atoms with Crippen molar-refractivity contribution in [2.45, 2.75) is 32.7 Å². The maximum absolute atomic E-state index is 11.9. The molecular weight excluding hydrogens is 275 g/mol. The molecule has 0 aromatic rings. The summed E-state index contributed by atoms with van der Waals surface area (Å²) in [4.78, 5) is 23.4. The summed E-state index contributed by atoms with van der Waals surface area (Å²) in [6, 6.07) is 1.08. The van der Waals surface area contributed by atoms with E-state index < -0.39 is 18.7 Å². The van der Waals surface area contributed by atoms with E-state index >= 15 is 0 Å². The number of carbonyl (C=O) groups is 1. The third-order valence-corrected chi connectivity index (χ3v) is 3.76. The smallest absolute Gasteiger partial charge is 0.323 e. The van der Waals surface area contributed by atoms with Crippen molar-refractivity contribution in [2.24, 2.45) is 5.92 Å². The molecule has 0 aromatic heterocycles. The molecule has 2 unspecified atom stereocenters. The molecule has 0 spiro atoms. The first-order chi connectivity index (χ1) is 8.32. The summed E-state index contributed by atoms with van der Waals surface area (Å²) in [6.07, 6.45) is 0.532. The number of esters is 1. The molecule has 0 rings (SSSR count). The van der Waals surface area contributed by atoms with Crippen LogP contribution < -0.4 is 9.98 Å². The number of methoxy groups -OCH3 is 1. The highest BCUT2D eigenvalue weighted by Gasteiger charge is 2.22. The fourth-order valence-corrected chi connectivity index (χ4v) is 2.86. The Balaban J connectivity index is 4.50. The van der Waals surface area contributed by atoms with Crippen molar-refractivity contribution in [1.29, 1.82) is 5.26 Å². The standard InChI is InChI=1S/C10H19N2O4PS/c1-8(2)7-9(10(13)15-3)12-17(14,18)16-6-4-5-11/h8-9H,4,6-7H2,1-3H3,(H2,12,14,18)/p-1. The monoisotopic (exact) mass is 293 g/mol. The van der Waals surface area contributed by atoms with Crippen LogP contribution in [0.3, 0.4) is 0 Å². The lowest BCUT2D eigenvalue weighted by Crippen LogP contribution is -2.39. The van der Waals surface area contributed by atoms with Crippen LogP contribution in [0.5, 0.6) is 0 Å². The molecule has 2 atom stereocenters. The second-order valence-electron chi connectivity index (χ2n) is 4.07. The lowest BCUT2D eigenvalue weighted by Gasteiger charge is -2.32. The van der Waals surface area contributed by atoms with Gasteiger partial charge in [-0.3, -0.25) is 9.88 Å². The number of nitrogens with one attached hydrogen (secondary N) is 1. The van der Waals surface area contributed by atoms with E-state index in [0.717, 1.165) is 0 Å². The van der Waals surface area contributed by atoms with Gasteiger partial charge in [0.25, 0.3) is 0 Å². The van der Waals surface area contributed by atoms with Gasteiger partial charge in [-0.05, 0) is 12.3 Å². The molecule has 0 fully saturated rings. The maximum Gasteiger partial charge on any atom is 0.323 e.